The van der Waals surface area contributed by atoms with E-state index >= 15 is 0 Å². The fourth-order valence-corrected chi connectivity index (χ4v) is 4.04. The first-order valence-electron chi connectivity index (χ1n) is 9.30. The molecule has 1 saturated heterocycles. The fourth-order valence-electron chi connectivity index (χ4n) is 3.35. The molecule has 9 heteroatoms. The molecular formula is C19H21N7OS. The first-order chi connectivity index (χ1) is 13.6. The second kappa shape index (κ2) is 7.97. The summed E-state index contributed by atoms with van der Waals surface area (Å²) in [7, 11) is 0. The number of carbonyl (C=O) groups excluding carboxylic acids is 1. The molecule has 1 N–H and O–H groups in total. The number of aryl methyl sites for hydroxylation is 2. The van der Waals surface area contributed by atoms with Crippen molar-refractivity contribution in [1.82, 2.24) is 30.0 Å². The molecule has 1 aliphatic rings. The lowest BCUT2D eigenvalue weighted by molar-refractivity contribution is 0.0732. The first-order valence-corrected chi connectivity index (χ1v) is 10.1. The van der Waals surface area contributed by atoms with Crippen molar-refractivity contribution >= 4 is 28.2 Å². The van der Waals surface area contributed by atoms with Crippen LogP contribution >= 0.6 is 11.3 Å². The molecule has 144 valence electrons. The van der Waals surface area contributed by atoms with Gasteiger partial charge in [0.25, 0.3) is 5.91 Å². The molecule has 4 heterocycles. The number of carbonyl (C=O) groups is 1. The van der Waals surface area contributed by atoms with Gasteiger partial charge in [0.1, 0.15) is 16.6 Å². The molecule has 28 heavy (non-hydrogen) atoms. The van der Waals surface area contributed by atoms with Crippen LogP contribution in [0.1, 0.15) is 52.7 Å². The van der Waals surface area contributed by atoms with Crippen molar-refractivity contribution in [3.63, 3.8) is 0 Å². The average molecular weight is 395 g/mol. The molecule has 1 aliphatic heterocycles. The SMILES string of the molecule is CCc1nnc(Nc2cc([C@@H]3CCCN3C(=O)c3cccnc3)nc(C)n2)s1. The van der Waals surface area contributed by atoms with Crippen LogP contribution < -0.4 is 5.32 Å². The zero-order valence-corrected chi connectivity index (χ0v) is 16.6. The van der Waals surface area contributed by atoms with Crippen LogP contribution in [0.3, 0.4) is 0 Å². The number of nitrogens with zero attached hydrogens (tertiary/aromatic N) is 6. The lowest BCUT2D eigenvalue weighted by atomic mass is 10.1. The Labute approximate surface area is 167 Å². The molecule has 8 nitrogen and oxygen atoms in total. The molecular weight excluding hydrogens is 374 g/mol. The van der Waals surface area contributed by atoms with Crippen molar-refractivity contribution in [3.8, 4) is 0 Å². The quantitative estimate of drug-likeness (QED) is 0.708. The molecule has 1 fully saturated rings. The van der Waals surface area contributed by atoms with Crippen LogP contribution in [0.25, 0.3) is 0 Å². The van der Waals surface area contributed by atoms with E-state index in [-0.39, 0.29) is 11.9 Å². The fraction of sp³-hybridized carbons (Fsp3) is 0.368. The van der Waals surface area contributed by atoms with Crippen LogP contribution in [-0.4, -0.2) is 42.5 Å². The van der Waals surface area contributed by atoms with Gasteiger partial charge >= 0.3 is 0 Å². The number of hydrogen-bond donors (Lipinski definition) is 1. The molecule has 3 aromatic heterocycles. The number of amides is 1. The lowest BCUT2D eigenvalue weighted by Crippen LogP contribution is -2.31. The van der Waals surface area contributed by atoms with Gasteiger partial charge in [0.2, 0.25) is 5.13 Å². The maximum atomic E-state index is 12.9. The summed E-state index contributed by atoms with van der Waals surface area (Å²) in [5, 5.41) is 13.2. The van der Waals surface area contributed by atoms with Gasteiger partial charge in [-0.1, -0.05) is 18.3 Å². The summed E-state index contributed by atoms with van der Waals surface area (Å²) < 4.78 is 0. The van der Waals surface area contributed by atoms with E-state index in [9.17, 15) is 4.79 Å². The second-order valence-electron chi connectivity index (χ2n) is 6.60. The van der Waals surface area contributed by atoms with E-state index in [1.165, 1.54) is 11.3 Å². The Bertz CT molecular complexity index is 975. The third-order valence-corrected chi connectivity index (χ3v) is 5.61. The Morgan fingerprint density at radius 1 is 1.36 bits per heavy atom. The van der Waals surface area contributed by atoms with E-state index in [0.29, 0.717) is 28.9 Å². The van der Waals surface area contributed by atoms with Crippen molar-refractivity contribution < 1.29 is 4.79 Å². The summed E-state index contributed by atoms with van der Waals surface area (Å²) in [4.78, 5) is 28.0. The Morgan fingerprint density at radius 2 is 2.25 bits per heavy atom. The van der Waals surface area contributed by atoms with E-state index in [1.54, 1.807) is 24.5 Å². The maximum absolute atomic E-state index is 12.9. The standard InChI is InChI=1S/C19H21N7OS/c1-3-17-24-25-19(28-17)23-16-10-14(21-12(2)22-16)15-7-5-9-26(15)18(27)13-6-4-8-20-11-13/h4,6,8,10-11,15H,3,5,7,9H2,1-2H3,(H,21,22,23,25)/t15-/m0/s1. The molecule has 0 bridgehead atoms. The van der Waals surface area contributed by atoms with Gasteiger partial charge in [0.15, 0.2) is 0 Å². The number of anilines is 2. The zero-order chi connectivity index (χ0) is 19.5. The minimum absolute atomic E-state index is 0.0157. The van der Waals surface area contributed by atoms with E-state index < -0.39 is 0 Å². The Balaban J connectivity index is 1.59. The van der Waals surface area contributed by atoms with Gasteiger partial charge in [0, 0.05) is 25.0 Å². The minimum Gasteiger partial charge on any atom is -0.330 e. The normalized spacial score (nSPS) is 16.4. The lowest BCUT2D eigenvalue weighted by Gasteiger charge is -2.24. The highest BCUT2D eigenvalue weighted by molar-refractivity contribution is 7.15. The number of nitrogens with one attached hydrogen (secondary N) is 1. The predicted molar refractivity (Wildman–Crippen MR) is 107 cm³/mol. The van der Waals surface area contributed by atoms with Gasteiger partial charge in [0.05, 0.1) is 17.3 Å². The van der Waals surface area contributed by atoms with E-state index in [0.717, 1.165) is 30.0 Å². The van der Waals surface area contributed by atoms with Crippen LogP contribution in [0, 0.1) is 6.92 Å². The molecule has 0 aromatic carbocycles. The molecule has 4 rings (SSSR count). The van der Waals surface area contributed by atoms with Gasteiger partial charge in [-0.25, -0.2) is 9.97 Å². The van der Waals surface area contributed by atoms with E-state index in [1.807, 2.05) is 24.8 Å². The highest BCUT2D eigenvalue weighted by Gasteiger charge is 2.32. The summed E-state index contributed by atoms with van der Waals surface area (Å²) in [6.07, 6.45) is 5.94. The Kier molecular flexibility index (Phi) is 5.25. The smallest absolute Gasteiger partial charge is 0.255 e. The van der Waals surface area contributed by atoms with Crippen molar-refractivity contribution in [1.29, 1.82) is 0 Å². The summed E-state index contributed by atoms with van der Waals surface area (Å²) in [6.45, 7) is 4.61. The van der Waals surface area contributed by atoms with Crippen molar-refractivity contribution in [2.75, 3.05) is 11.9 Å². The first kappa shape index (κ1) is 18.4. The largest absolute Gasteiger partial charge is 0.330 e. The zero-order valence-electron chi connectivity index (χ0n) is 15.8. The topological polar surface area (TPSA) is 96.8 Å². The van der Waals surface area contributed by atoms with Crippen LogP contribution in [0.15, 0.2) is 30.6 Å². The van der Waals surface area contributed by atoms with E-state index in [4.69, 9.17) is 0 Å². The molecule has 0 unspecified atom stereocenters. The number of aromatic nitrogens is 5. The molecule has 0 radical (unpaired) electrons. The van der Waals surface area contributed by atoms with Gasteiger partial charge in [-0.3, -0.25) is 9.78 Å². The highest BCUT2D eigenvalue weighted by Crippen LogP contribution is 2.33. The van der Waals surface area contributed by atoms with E-state index in [2.05, 4.69) is 30.5 Å². The average Bonchev–Trinajstić information content (AvgIpc) is 3.37. The predicted octanol–water partition coefficient (Wildman–Crippen LogP) is 3.31. The highest BCUT2D eigenvalue weighted by atomic mass is 32.1. The number of hydrogen-bond acceptors (Lipinski definition) is 8. The minimum atomic E-state index is -0.0735. The third kappa shape index (κ3) is 3.84. The number of pyridine rings is 1. The van der Waals surface area contributed by atoms with Crippen molar-refractivity contribution in [2.24, 2.45) is 0 Å². The van der Waals surface area contributed by atoms with Crippen LogP contribution in [0.2, 0.25) is 0 Å². The van der Waals surface area contributed by atoms with Gasteiger partial charge in [-0.05, 0) is 38.3 Å². The van der Waals surface area contributed by atoms with Crippen LogP contribution in [0.5, 0.6) is 0 Å². The summed E-state index contributed by atoms with van der Waals surface area (Å²) in [5.41, 5.74) is 1.43. The monoisotopic (exact) mass is 395 g/mol. The maximum Gasteiger partial charge on any atom is 0.255 e. The molecule has 1 amide bonds. The second-order valence-corrected chi connectivity index (χ2v) is 7.67. The Hall–Kier alpha value is -2.94. The number of likely N-dealkylation sites (tertiary alicyclic amines) is 1. The molecule has 0 saturated carbocycles. The Morgan fingerprint density at radius 3 is 3.00 bits per heavy atom. The van der Waals surface area contributed by atoms with Gasteiger partial charge in [-0.2, -0.15) is 0 Å². The summed E-state index contributed by atoms with van der Waals surface area (Å²) in [6, 6.07) is 5.40. The molecule has 0 aliphatic carbocycles. The molecule has 0 spiro atoms. The summed E-state index contributed by atoms with van der Waals surface area (Å²) in [5.74, 6) is 1.31. The van der Waals surface area contributed by atoms with Crippen LogP contribution in [-0.2, 0) is 6.42 Å². The van der Waals surface area contributed by atoms with Crippen LogP contribution in [0.4, 0.5) is 10.9 Å². The third-order valence-electron chi connectivity index (χ3n) is 4.63. The van der Waals surface area contributed by atoms with Gasteiger partial charge in [-0.15, -0.1) is 10.2 Å². The van der Waals surface area contributed by atoms with Crippen molar-refractivity contribution in [3.05, 3.63) is 52.7 Å². The number of rotatable bonds is 5. The molecule has 3 aromatic rings. The summed E-state index contributed by atoms with van der Waals surface area (Å²) >= 11 is 1.51. The molecule has 1 atom stereocenters. The van der Waals surface area contributed by atoms with Gasteiger partial charge < -0.3 is 10.2 Å². The van der Waals surface area contributed by atoms with Crippen molar-refractivity contribution in [2.45, 2.75) is 39.2 Å².